The number of rotatable bonds is 5. The number of aliphatic imine (C=N–C) groups is 1. The van der Waals surface area contributed by atoms with Crippen LogP contribution in [0.25, 0.3) is 0 Å². The van der Waals surface area contributed by atoms with Crippen LogP contribution in [0.4, 0.5) is 5.69 Å². The first kappa shape index (κ1) is 19.3. The van der Waals surface area contributed by atoms with Crippen LogP contribution in [0.3, 0.4) is 0 Å². The Bertz CT molecular complexity index is 833. The van der Waals surface area contributed by atoms with Crippen molar-refractivity contribution in [2.75, 3.05) is 25.0 Å². The van der Waals surface area contributed by atoms with Gasteiger partial charge in [-0.2, -0.15) is 0 Å². The predicted molar refractivity (Wildman–Crippen MR) is 102 cm³/mol. The first-order valence-corrected chi connectivity index (χ1v) is 10.7. The second-order valence-electron chi connectivity index (χ2n) is 6.74. The van der Waals surface area contributed by atoms with Crippen molar-refractivity contribution >= 4 is 33.4 Å². The SMILES string of the molecule is O=C(CN1CCCC1=O)Nc1ccc(S(=O)(=O)NC2=NCCCCC2)cc1. The zero-order valence-electron chi connectivity index (χ0n) is 15.1. The molecular weight excluding hydrogens is 368 g/mol. The standard InChI is InChI=1S/C18H24N4O4S/c23-17(13-22-12-4-6-18(22)24)20-14-7-9-15(10-8-14)27(25,26)21-16-5-2-1-3-11-19-16/h7-10H,1-6,11-13H2,(H,19,21)(H,20,23). The molecule has 2 N–H and O–H groups in total. The number of carbonyl (C=O) groups is 2. The molecular formula is C18H24N4O4S. The maximum absolute atomic E-state index is 12.5. The molecule has 3 rings (SSSR count). The zero-order valence-corrected chi connectivity index (χ0v) is 15.9. The second-order valence-corrected chi connectivity index (χ2v) is 8.42. The van der Waals surface area contributed by atoms with Crippen molar-refractivity contribution in [3.05, 3.63) is 24.3 Å². The predicted octanol–water partition coefficient (Wildman–Crippen LogP) is 1.50. The Kier molecular flexibility index (Phi) is 6.10. The number of sulfonamides is 1. The number of benzene rings is 1. The third-order valence-electron chi connectivity index (χ3n) is 4.58. The smallest absolute Gasteiger partial charge is 0.262 e. The summed E-state index contributed by atoms with van der Waals surface area (Å²) in [5, 5.41) is 2.69. The molecule has 0 aliphatic carbocycles. The third kappa shape index (κ3) is 5.29. The van der Waals surface area contributed by atoms with Crippen molar-refractivity contribution < 1.29 is 18.0 Å². The largest absolute Gasteiger partial charge is 0.333 e. The van der Waals surface area contributed by atoms with Crippen LogP contribution < -0.4 is 10.0 Å². The Morgan fingerprint density at radius 2 is 1.85 bits per heavy atom. The number of nitrogens with one attached hydrogen (secondary N) is 2. The highest BCUT2D eigenvalue weighted by atomic mass is 32.2. The van der Waals surface area contributed by atoms with Gasteiger partial charge in [0, 0.05) is 31.6 Å². The molecule has 0 unspecified atom stereocenters. The van der Waals surface area contributed by atoms with E-state index in [2.05, 4.69) is 15.0 Å². The van der Waals surface area contributed by atoms with E-state index in [9.17, 15) is 18.0 Å². The zero-order chi connectivity index (χ0) is 19.3. The minimum Gasteiger partial charge on any atom is -0.333 e. The molecule has 146 valence electrons. The maximum atomic E-state index is 12.5. The van der Waals surface area contributed by atoms with Gasteiger partial charge in [-0.15, -0.1) is 0 Å². The van der Waals surface area contributed by atoms with E-state index < -0.39 is 10.0 Å². The fraction of sp³-hybridized carbons (Fsp3) is 0.500. The highest BCUT2D eigenvalue weighted by Crippen LogP contribution is 2.16. The molecule has 9 heteroatoms. The van der Waals surface area contributed by atoms with E-state index >= 15 is 0 Å². The summed E-state index contributed by atoms with van der Waals surface area (Å²) >= 11 is 0. The van der Waals surface area contributed by atoms with Crippen LogP contribution in [0.5, 0.6) is 0 Å². The van der Waals surface area contributed by atoms with E-state index in [1.54, 1.807) is 0 Å². The first-order valence-electron chi connectivity index (χ1n) is 9.18. The number of carbonyl (C=O) groups excluding carboxylic acids is 2. The van der Waals surface area contributed by atoms with Gasteiger partial charge in [0.05, 0.1) is 11.4 Å². The molecule has 2 aliphatic rings. The van der Waals surface area contributed by atoms with Gasteiger partial charge in [-0.05, 0) is 43.5 Å². The van der Waals surface area contributed by atoms with Crippen LogP contribution in [0.2, 0.25) is 0 Å². The van der Waals surface area contributed by atoms with E-state index in [0.717, 1.165) is 25.7 Å². The van der Waals surface area contributed by atoms with E-state index in [1.165, 1.54) is 29.2 Å². The lowest BCUT2D eigenvalue weighted by molar-refractivity contribution is -0.131. The number of nitrogens with zero attached hydrogens (tertiary/aromatic N) is 2. The van der Waals surface area contributed by atoms with Gasteiger partial charge in [-0.1, -0.05) is 6.42 Å². The molecule has 0 radical (unpaired) electrons. The van der Waals surface area contributed by atoms with Gasteiger partial charge in [0.1, 0.15) is 5.84 Å². The lowest BCUT2D eigenvalue weighted by Gasteiger charge is -2.15. The van der Waals surface area contributed by atoms with Crippen molar-refractivity contribution in [3.63, 3.8) is 0 Å². The van der Waals surface area contributed by atoms with Crippen LogP contribution in [0, 0.1) is 0 Å². The fourth-order valence-electron chi connectivity index (χ4n) is 3.13. The van der Waals surface area contributed by atoms with E-state index in [1.807, 2.05) is 0 Å². The van der Waals surface area contributed by atoms with Gasteiger partial charge in [0.15, 0.2) is 0 Å². The van der Waals surface area contributed by atoms with Crippen molar-refractivity contribution in [1.82, 2.24) is 9.62 Å². The van der Waals surface area contributed by atoms with Gasteiger partial charge in [0.25, 0.3) is 10.0 Å². The van der Waals surface area contributed by atoms with Gasteiger partial charge < -0.3 is 10.2 Å². The lowest BCUT2D eigenvalue weighted by atomic mass is 10.2. The first-order chi connectivity index (χ1) is 12.9. The fourth-order valence-corrected chi connectivity index (χ4v) is 4.22. The topological polar surface area (TPSA) is 108 Å². The van der Waals surface area contributed by atoms with Crippen LogP contribution >= 0.6 is 0 Å². The average molecular weight is 392 g/mol. The summed E-state index contributed by atoms with van der Waals surface area (Å²) in [7, 11) is -3.69. The van der Waals surface area contributed by atoms with E-state index in [4.69, 9.17) is 0 Å². The molecule has 0 saturated carbocycles. The molecule has 1 saturated heterocycles. The molecule has 1 aromatic carbocycles. The molecule has 2 amide bonds. The Morgan fingerprint density at radius 3 is 2.56 bits per heavy atom. The number of amides is 2. The molecule has 0 spiro atoms. The summed E-state index contributed by atoms with van der Waals surface area (Å²) in [6.45, 7) is 1.25. The highest BCUT2D eigenvalue weighted by Gasteiger charge is 2.22. The Labute approximate surface area is 159 Å². The number of anilines is 1. The van der Waals surface area contributed by atoms with Gasteiger partial charge >= 0.3 is 0 Å². The molecule has 0 aromatic heterocycles. The summed E-state index contributed by atoms with van der Waals surface area (Å²) in [5.41, 5.74) is 0.484. The Balaban J connectivity index is 1.59. The third-order valence-corrected chi connectivity index (χ3v) is 5.98. The summed E-state index contributed by atoms with van der Waals surface area (Å²) in [5.74, 6) is 0.186. The molecule has 0 bridgehead atoms. The highest BCUT2D eigenvalue weighted by molar-refractivity contribution is 7.90. The van der Waals surface area contributed by atoms with Crippen molar-refractivity contribution in [3.8, 4) is 0 Å². The minimum absolute atomic E-state index is 0.0141. The van der Waals surface area contributed by atoms with Crippen LogP contribution in [0.1, 0.15) is 38.5 Å². The number of hydrogen-bond acceptors (Lipinski definition) is 5. The van der Waals surface area contributed by atoms with E-state index in [-0.39, 0.29) is 23.3 Å². The molecule has 1 fully saturated rings. The second kappa shape index (κ2) is 8.51. The normalized spacial score (nSPS) is 18.0. The molecule has 2 heterocycles. The summed E-state index contributed by atoms with van der Waals surface area (Å²) < 4.78 is 27.5. The molecule has 8 nitrogen and oxygen atoms in total. The Morgan fingerprint density at radius 1 is 1.07 bits per heavy atom. The molecule has 0 atom stereocenters. The number of amidine groups is 1. The lowest BCUT2D eigenvalue weighted by Crippen LogP contribution is -2.34. The summed E-state index contributed by atoms with van der Waals surface area (Å²) in [4.78, 5) is 29.5. The van der Waals surface area contributed by atoms with Crippen molar-refractivity contribution in [2.24, 2.45) is 4.99 Å². The molecule has 2 aliphatic heterocycles. The van der Waals surface area contributed by atoms with Gasteiger partial charge in [0.2, 0.25) is 11.8 Å². The molecule has 1 aromatic rings. The van der Waals surface area contributed by atoms with Crippen molar-refractivity contribution in [2.45, 2.75) is 43.4 Å². The monoisotopic (exact) mass is 392 g/mol. The van der Waals surface area contributed by atoms with Crippen molar-refractivity contribution in [1.29, 1.82) is 0 Å². The van der Waals surface area contributed by atoms with Crippen LogP contribution in [-0.4, -0.2) is 50.6 Å². The summed E-state index contributed by atoms with van der Waals surface area (Å²) in [6.07, 6.45) is 4.83. The molecule has 27 heavy (non-hydrogen) atoms. The van der Waals surface area contributed by atoms with E-state index in [0.29, 0.717) is 37.5 Å². The Hall–Kier alpha value is -2.42. The van der Waals surface area contributed by atoms with Crippen LogP contribution in [-0.2, 0) is 19.6 Å². The van der Waals surface area contributed by atoms with Gasteiger partial charge in [-0.3, -0.25) is 19.3 Å². The maximum Gasteiger partial charge on any atom is 0.262 e. The number of likely N-dealkylation sites (tertiary alicyclic amines) is 1. The number of hydrogen-bond donors (Lipinski definition) is 2. The minimum atomic E-state index is -3.69. The summed E-state index contributed by atoms with van der Waals surface area (Å²) in [6, 6.07) is 5.95. The average Bonchev–Trinajstić information content (AvgIpc) is 2.87. The quantitative estimate of drug-likeness (QED) is 0.791. The van der Waals surface area contributed by atoms with Crippen LogP contribution in [0.15, 0.2) is 34.2 Å². The van der Waals surface area contributed by atoms with Gasteiger partial charge in [-0.25, -0.2) is 8.42 Å².